The van der Waals surface area contributed by atoms with Crippen LogP contribution in [-0.2, 0) is 35.1 Å². The molecule has 0 N–H and O–H groups in total. The molecule has 29 heavy (non-hydrogen) atoms. The van der Waals surface area contributed by atoms with E-state index in [9.17, 15) is 9.59 Å². The predicted molar refractivity (Wildman–Crippen MR) is 109 cm³/mol. The smallest absolute Gasteiger partial charge is 0.467 e. The van der Waals surface area contributed by atoms with Crippen molar-refractivity contribution in [3.05, 3.63) is 48.6 Å². The van der Waals surface area contributed by atoms with Crippen LogP contribution in [-0.4, -0.2) is 55.3 Å². The normalized spacial score (nSPS) is 26.4. The highest BCUT2D eigenvalue weighted by molar-refractivity contribution is 7.99. The Bertz CT molecular complexity index is 666. The number of hydrogen-bond donors (Lipinski definition) is 0. The number of benzene rings is 1. The molecular weight excluding hydrogens is 396 g/mol. The van der Waals surface area contributed by atoms with E-state index in [0.717, 1.165) is 5.56 Å². The van der Waals surface area contributed by atoms with Crippen molar-refractivity contribution in [1.82, 2.24) is 0 Å². The Morgan fingerprint density at radius 1 is 1.24 bits per heavy atom. The molecule has 5 atom stereocenters. The molecule has 0 aliphatic carbocycles. The fourth-order valence-electron chi connectivity index (χ4n) is 3.06. The molecule has 0 radical (unpaired) electrons. The lowest BCUT2D eigenvalue weighted by atomic mass is 9.91. The first kappa shape index (κ1) is 23.3. The number of methoxy groups -OCH3 is 1. The monoisotopic (exact) mass is 424 g/mol. The average molecular weight is 425 g/mol. The lowest BCUT2D eigenvalue weighted by Crippen LogP contribution is -2.57. The van der Waals surface area contributed by atoms with Crippen molar-refractivity contribution < 1.29 is 33.3 Å². The van der Waals surface area contributed by atoms with E-state index in [2.05, 4.69) is 6.58 Å². The van der Waals surface area contributed by atoms with Crippen LogP contribution in [0.5, 0.6) is 0 Å². The van der Waals surface area contributed by atoms with Gasteiger partial charge in [0.1, 0.15) is 18.1 Å². The van der Waals surface area contributed by atoms with Crippen LogP contribution in [0.4, 0.5) is 4.79 Å². The van der Waals surface area contributed by atoms with E-state index >= 15 is 0 Å². The molecule has 0 saturated carbocycles. The highest BCUT2D eigenvalue weighted by atomic mass is 32.2. The van der Waals surface area contributed by atoms with Crippen LogP contribution in [0.15, 0.2) is 43.0 Å². The largest absolute Gasteiger partial charge is 0.509 e. The molecule has 2 unspecified atom stereocenters. The number of carbonyl (C=O) groups is 2. The molecule has 1 saturated heterocycles. The van der Waals surface area contributed by atoms with Gasteiger partial charge in [0.2, 0.25) is 0 Å². The third kappa shape index (κ3) is 6.48. The zero-order valence-electron chi connectivity index (χ0n) is 16.9. The SMILES string of the molecule is C=CCOC(=O)OC1[C@H](SCC)OC(C(=O)OC)[C@@H](C)[C@H]1OCc1ccccc1. The molecule has 0 aromatic heterocycles. The van der Waals surface area contributed by atoms with E-state index < -0.39 is 41.8 Å². The van der Waals surface area contributed by atoms with Gasteiger partial charge >= 0.3 is 12.1 Å². The Morgan fingerprint density at radius 3 is 2.59 bits per heavy atom. The molecule has 1 aromatic carbocycles. The lowest BCUT2D eigenvalue weighted by Gasteiger charge is -2.43. The molecule has 1 heterocycles. The molecule has 2 rings (SSSR count). The van der Waals surface area contributed by atoms with E-state index in [4.69, 9.17) is 23.7 Å². The van der Waals surface area contributed by atoms with Crippen LogP contribution in [0.2, 0.25) is 0 Å². The van der Waals surface area contributed by atoms with Crippen molar-refractivity contribution >= 4 is 23.9 Å². The summed E-state index contributed by atoms with van der Waals surface area (Å²) in [5, 5.41) is 0. The third-order valence-corrected chi connectivity index (χ3v) is 5.51. The third-order valence-electron chi connectivity index (χ3n) is 4.47. The van der Waals surface area contributed by atoms with E-state index in [0.29, 0.717) is 12.4 Å². The van der Waals surface area contributed by atoms with Crippen molar-refractivity contribution in [2.24, 2.45) is 5.92 Å². The molecule has 7 nitrogen and oxygen atoms in total. The quantitative estimate of drug-likeness (QED) is 0.440. The maximum atomic E-state index is 12.3. The summed E-state index contributed by atoms with van der Waals surface area (Å²) in [7, 11) is 1.31. The maximum absolute atomic E-state index is 12.3. The van der Waals surface area contributed by atoms with E-state index in [-0.39, 0.29) is 6.61 Å². The fraction of sp³-hybridized carbons (Fsp3) is 0.524. The van der Waals surface area contributed by atoms with Gasteiger partial charge in [-0.2, -0.15) is 0 Å². The van der Waals surface area contributed by atoms with Gasteiger partial charge in [0.15, 0.2) is 12.2 Å². The predicted octanol–water partition coefficient (Wildman–Crippen LogP) is 3.57. The van der Waals surface area contributed by atoms with E-state index in [1.54, 1.807) is 0 Å². The highest BCUT2D eigenvalue weighted by Crippen LogP contribution is 2.36. The topological polar surface area (TPSA) is 80.3 Å². The van der Waals surface area contributed by atoms with Crippen molar-refractivity contribution in [3.63, 3.8) is 0 Å². The summed E-state index contributed by atoms with van der Waals surface area (Å²) in [4.78, 5) is 24.4. The van der Waals surface area contributed by atoms with Gasteiger partial charge in [-0.05, 0) is 11.3 Å². The van der Waals surface area contributed by atoms with Crippen LogP contribution in [0.1, 0.15) is 19.4 Å². The standard InChI is InChI=1S/C21H28O7S/c1-5-12-25-21(23)28-18-16(26-13-15-10-8-7-9-11-15)14(3)17(19(22)24-4)27-20(18)29-6-2/h5,7-11,14,16-18,20H,1,6,12-13H2,2-4H3/t14-,16+,17?,18?,20-/m0/s1. The second kappa shape index (κ2) is 11.8. The minimum Gasteiger partial charge on any atom is -0.467 e. The Labute approximate surface area is 175 Å². The summed E-state index contributed by atoms with van der Waals surface area (Å²) in [6.45, 7) is 7.62. The number of hydrogen-bond acceptors (Lipinski definition) is 8. The first-order valence-electron chi connectivity index (χ1n) is 9.46. The maximum Gasteiger partial charge on any atom is 0.509 e. The summed E-state index contributed by atoms with van der Waals surface area (Å²) in [6, 6.07) is 9.63. The second-order valence-electron chi connectivity index (χ2n) is 6.46. The van der Waals surface area contributed by atoms with Crippen LogP contribution in [0.3, 0.4) is 0 Å². The molecule has 160 valence electrons. The first-order valence-corrected chi connectivity index (χ1v) is 10.5. The van der Waals surface area contributed by atoms with Crippen molar-refractivity contribution in [3.8, 4) is 0 Å². The Morgan fingerprint density at radius 2 is 1.97 bits per heavy atom. The molecule has 1 fully saturated rings. The average Bonchev–Trinajstić information content (AvgIpc) is 2.74. The fourth-order valence-corrected chi connectivity index (χ4v) is 3.99. The van der Waals surface area contributed by atoms with Gasteiger partial charge < -0.3 is 23.7 Å². The summed E-state index contributed by atoms with van der Waals surface area (Å²) in [5.74, 6) is -0.197. The van der Waals surface area contributed by atoms with Crippen LogP contribution < -0.4 is 0 Å². The molecule has 0 amide bonds. The zero-order valence-corrected chi connectivity index (χ0v) is 17.8. The number of esters is 1. The number of carbonyl (C=O) groups excluding carboxylic acids is 2. The molecule has 0 spiro atoms. The van der Waals surface area contributed by atoms with Crippen LogP contribution in [0.25, 0.3) is 0 Å². The molecule has 1 aliphatic rings. The molecule has 1 aliphatic heterocycles. The minimum atomic E-state index is -0.836. The van der Waals surface area contributed by atoms with Gasteiger partial charge in [0.25, 0.3) is 0 Å². The van der Waals surface area contributed by atoms with Crippen molar-refractivity contribution in [1.29, 1.82) is 0 Å². The highest BCUT2D eigenvalue weighted by Gasteiger charge is 2.50. The van der Waals surface area contributed by atoms with Crippen molar-refractivity contribution in [2.75, 3.05) is 19.5 Å². The Kier molecular flexibility index (Phi) is 9.50. The first-order chi connectivity index (χ1) is 14.0. The number of rotatable bonds is 9. The van der Waals surface area contributed by atoms with E-state index in [1.165, 1.54) is 24.9 Å². The van der Waals surface area contributed by atoms with Gasteiger partial charge in [-0.15, -0.1) is 11.8 Å². The number of ether oxygens (including phenoxy) is 5. The molecular formula is C21H28O7S. The minimum absolute atomic E-state index is 0.0356. The van der Waals surface area contributed by atoms with Gasteiger partial charge in [-0.25, -0.2) is 9.59 Å². The van der Waals surface area contributed by atoms with Crippen LogP contribution >= 0.6 is 11.8 Å². The lowest BCUT2D eigenvalue weighted by molar-refractivity contribution is -0.206. The van der Waals surface area contributed by atoms with E-state index in [1.807, 2.05) is 44.2 Å². The summed E-state index contributed by atoms with van der Waals surface area (Å²) >= 11 is 1.42. The molecule has 0 bridgehead atoms. The van der Waals surface area contributed by atoms with Gasteiger partial charge in [0, 0.05) is 5.92 Å². The molecule has 1 aromatic rings. The zero-order chi connectivity index (χ0) is 21.2. The van der Waals surface area contributed by atoms with Gasteiger partial charge in [-0.1, -0.05) is 56.8 Å². The second-order valence-corrected chi connectivity index (χ2v) is 7.83. The Hall–Kier alpha value is -2.03. The molecule has 8 heteroatoms. The summed E-state index contributed by atoms with van der Waals surface area (Å²) < 4.78 is 27.5. The Balaban J connectivity index is 2.24. The van der Waals surface area contributed by atoms with Gasteiger partial charge in [-0.3, -0.25) is 0 Å². The van der Waals surface area contributed by atoms with Crippen LogP contribution in [0, 0.1) is 5.92 Å². The van der Waals surface area contributed by atoms with Gasteiger partial charge in [0.05, 0.1) is 13.7 Å². The van der Waals surface area contributed by atoms with Crippen molar-refractivity contribution in [2.45, 2.75) is 44.2 Å². The summed E-state index contributed by atoms with van der Waals surface area (Å²) in [5.41, 5.74) is 0.367. The summed E-state index contributed by atoms with van der Waals surface area (Å²) in [6.07, 6.45) is -1.55. The number of thioether (sulfide) groups is 1.